The molecule has 0 fully saturated rings. The molecular formula is C16H24N2O2. The first-order valence-electron chi connectivity index (χ1n) is 7.31. The summed E-state index contributed by atoms with van der Waals surface area (Å²) in [5.74, 6) is 0.492. The van der Waals surface area contributed by atoms with Crippen molar-refractivity contribution in [2.24, 2.45) is 5.92 Å². The number of hydrogen-bond acceptors (Lipinski definition) is 3. The van der Waals surface area contributed by atoms with Gasteiger partial charge in [-0.2, -0.15) is 0 Å². The van der Waals surface area contributed by atoms with Crippen molar-refractivity contribution in [3.05, 3.63) is 35.4 Å². The first kappa shape index (κ1) is 15.0. The molecular weight excluding hydrogens is 252 g/mol. The summed E-state index contributed by atoms with van der Waals surface area (Å²) in [4.78, 5) is 14.0. The Hall–Kier alpha value is -1.39. The predicted octanol–water partition coefficient (Wildman–Crippen LogP) is 1.35. The minimum absolute atomic E-state index is 0.0385. The minimum Gasteiger partial charge on any atom is -0.394 e. The highest BCUT2D eigenvalue weighted by molar-refractivity contribution is 5.78. The fourth-order valence-electron chi connectivity index (χ4n) is 2.66. The van der Waals surface area contributed by atoms with Gasteiger partial charge in [-0.15, -0.1) is 0 Å². The van der Waals surface area contributed by atoms with Crippen LogP contribution in [0.4, 0.5) is 0 Å². The van der Waals surface area contributed by atoms with Crippen molar-refractivity contribution in [2.45, 2.75) is 26.3 Å². The Kier molecular flexibility index (Phi) is 5.15. The van der Waals surface area contributed by atoms with E-state index in [1.165, 1.54) is 5.56 Å². The maximum Gasteiger partial charge on any atom is 0.234 e. The summed E-state index contributed by atoms with van der Waals surface area (Å²) in [5, 5.41) is 12.6. The first-order valence-corrected chi connectivity index (χ1v) is 7.31. The number of aliphatic hydroxyl groups excluding tert-OH is 1. The van der Waals surface area contributed by atoms with E-state index < -0.39 is 0 Å². The number of amides is 1. The number of carbonyl (C=O) groups excluding carboxylic acids is 1. The quantitative estimate of drug-likeness (QED) is 0.853. The smallest absolute Gasteiger partial charge is 0.234 e. The average Bonchev–Trinajstić information content (AvgIpc) is 2.45. The maximum absolute atomic E-state index is 12.0. The summed E-state index contributed by atoms with van der Waals surface area (Å²) in [6.07, 6.45) is 0.935. The van der Waals surface area contributed by atoms with Gasteiger partial charge in [0.25, 0.3) is 0 Å². The van der Waals surface area contributed by atoms with Crippen LogP contribution in [-0.2, 0) is 11.2 Å². The standard InChI is InChI=1S/C16H24N2O2/c1-12(2)9-17-16(20)10-18-8-7-13-5-3-4-6-14(13)15(18)11-19/h3-6,12,15,19H,7-11H2,1-2H3,(H,17,20). The Morgan fingerprint density at radius 3 is 2.90 bits per heavy atom. The maximum atomic E-state index is 12.0. The lowest BCUT2D eigenvalue weighted by Gasteiger charge is -2.35. The largest absolute Gasteiger partial charge is 0.394 e. The molecule has 2 rings (SSSR count). The molecule has 1 unspecified atom stereocenters. The SMILES string of the molecule is CC(C)CNC(=O)CN1CCc2ccccc2C1CO. The minimum atomic E-state index is -0.0650. The van der Waals surface area contributed by atoms with Crippen LogP contribution in [0, 0.1) is 5.92 Å². The molecule has 1 aromatic carbocycles. The van der Waals surface area contributed by atoms with Crippen molar-refractivity contribution in [3.63, 3.8) is 0 Å². The summed E-state index contributed by atoms with van der Waals surface area (Å²) in [6.45, 7) is 6.08. The van der Waals surface area contributed by atoms with E-state index in [1.54, 1.807) is 0 Å². The fraction of sp³-hybridized carbons (Fsp3) is 0.562. The Bertz CT molecular complexity index is 460. The molecule has 0 saturated heterocycles. The molecule has 1 amide bonds. The van der Waals surface area contributed by atoms with Gasteiger partial charge in [0.1, 0.15) is 0 Å². The zero-order valence-electron chi connectivity index (χ0n) is 12.3. The van der Waals surface area contributed by atoms with Gasteiger partial charge >= 0.3 is 0 Å². The van der Waals surface area contributed by atoms with Gasteiger partial charge in [-0.1, -0.05) is 38.1 Å². The van der Waals surface area contributed by atoms with Crippen LogP contribution in [0.15, 0.2) is 24.3 Å². The van der Waals surface area contributed by atoms with E-state index in [9.17, 15) is 9.90 Å². The number of aliphatic hydroxyl groups is 1. The van der Waals surface area contributed by atoms with Crippen LogP contribution in [0.1, 0.15) is 31.0 Å². The van der Waals surface area contributed by atoms with Gasteiger partial charge in [0.15, 0.2) is 0 Å². The molecule has 1 atom stereocenters. The van der Waals surface area contributed by atoms with Crippen molar-refractivity contribution >= 4 is 5.91 Å². The van der Waals surface area contributed by atoms with Gasteiger partial charge in [0.2, 0.25) is 5.91 Å². The Morgan fingerprint density at radius 2 is 2.20 bits per heavy atom. The number of fused-ring (bicyclic) bond motifs is 1. The van der Waals surface area contributed by atoms with E-state index in [1.807, 2.05) is 12.1 Å². The summed E-state index contributed by atoms with van der Waals surface area (Å²) < 4.78 is 0. The summed E-state index contributed by atoms with van der Waals surface area (Å²) in [7, 11) is 0. The van der Waals surface area contributed by atoms with Crippen LogP contribution in [0.2, 0.25) is 0 Å². The summed E-state index contributed by atoms with van der Waals surface area (Å²) in [6, 6.07) is 8.11. The van der Waals surface area contributed by atoms with Crippen LogP contribution in [0.5, 0.6) is 0 Å². The number of hydrogen-bond donors (Lipinski definition) is 2. The molecule has 0 aliphatic carbocycles. The number of nitrogens with zero attached hydrogens (tertiary/aromatic N) is 1. The zero-order valence-corrected chi connectivity index (χ0v) is 12.3. The number of carbonyl (C=O) groups is 1. The van der Waals surface area contributed by atoms with Crippen LogP contribution >= 0.6 is 0 Å². The van der Waals surface area contributed by atoms with Gasteiger partial charge in [0.05, 0.1) is 19.2 Å². The second-order valence-electron chi connectivity index (χ2n) is 5.82. The van der Waals surface area contributed by atoms with E-state index in [4.69, 9.17) is 0 Å². The highest BCUT2D eigenvalue weighted by Crippen LogP contribution is 2.28. The lowest BCUT2D eigenvalue weighted by molar-refractivity contribution is -0.123. The monoisotopic (exact) mass is 276 g/mol. The van der Waals surface area contributed by atoms with Crippen molar-refractivity contribution in [1.29, 1.82) is 0 Å². The Morgan fingerprint density at radius 1 is 1.45 bits per heavy atom. The third kappa shape index (κ3) is 3.58. The van der Waals surface area contributed by atoms with Crippen LogP contribution in [-0.4, -0.2) is 42.2 Å². The van der Waals surface area contributed by atoms with E-state index in [-0.39, 0.29) is 18.6 Å². The van der Waals surface area contributed by atoms with Crippen molar-refractivity contribution in [3.8, 4) is 0 Å². The van der Waals surface area contributed by atoms with Crippen LogP contribution < -0.4 is 5.32 Å². The molecule has 1 aliphatic rings. The lowest BCUT2D eigenvalue weighted by Crippen LogP contribution is -2.44. The van der Waals surface area contributed by atoms with Crippen LogP contribution in [0.3, 0.4) is 0 Å². The molecule has 0 spiro atoms. The van der Waals surface area contributed by atoms with Crippen molar-refractivity contribution in [1.82, 2.24) is 10.2 Å². The molecule has 2 N–H and O–H groups in total. The normalized spacial score (nSPS) is 18.9. The topological polar surface area (TPSA) is 52.6 Å². The molecule has 4 heteroatoms. The molecule has 1 aliphatic heterocycles. The third-order valence-electron chi connectivity index (χ3n) is 3.75. The lowest BCUT2D eigenvalue weighted by atomic mass is 9.93. The van der Waals surface area contributed by atoms with Gasteiger partial charge in [-0.3, -0.25) is 9.69 Å². The third-order valence-corrected chi connectivity index (χ3v) is 3.75. The first-order chi connectivity index (χ1) is 9.61. The van der Waals surface area contributed by atoms with Crippen LogP contribution in [0.25, 0.3) is 0 Å². The molecule has 0 saturated carbocycles. The Labute approximate surface area is 120 Å². The fourth-order valence-corrected chi connectivity index (χ4v) is 2.66. The number of benzene rings is 1. The van der Waals surface area contributed by atoms with Crippen molar-refractivity contribution in [2.75, 3.05) is 26.2 Å². The van der Waals surface area contributed by atoms with Crippen molar-refractivity contribution < 1.29 is 9.90 Å². The highest BCUT2D eigenvalue weighted by Gasteiger charge is 2.27. The van der Waals surface area contributed by atoms with E-state index in [2.05, 4.69) is 36.2 Å². The van der Waals surface area contributed by atoms with Gasteiger partial charge in [-0.05, 0) is 23.5 Å². The second-order valence-corrected chi connectivity index (χ2v) is 5.82. The summed E-state index contributed by atoms with van der Waals surface area (Å²) >= 11 is 0. The molecule has 0 bridgehead atoms. The average molecular weight is 276 g/mol. The molecule has 1 heterocycles. The molecule has 20 heavy (non-hydrogen) atoms. The van der Waals surface area contributed by atoms with E-state index in [0.29, 0.717) is 19.0 Å². The number of rotatable bonds is 5. The van der Waals surface area contributed by atoms with Gasteiger partial charge < -0.3 is 10.4 Å². The van der Waals surface area contributed by atoms with E-state index >= 15 is 0 Å². The zero-order chi connectivity index (χ0) is 14.5. The Balaban J connectivity index is 2.01. The van der Waals surface area contributed by atoms with E-state index in [0.717, 1.165) is 18.5 Å². The molecule has 1 aromatic rings. The molecule has 4 nitrogen and oxygen atoms in total. The van der Waals surface area contributed by atoms with Gasteiger partial charge in [0, 0.05) is 13.1 Å². The summed E-state index contributed by atoms with van der Waals surface area (Å²) in [5.41, 5.74) is 2.43. The molecule has 0 radical (unpaired) electrons. The van der Waals surface area contributed by atoms with Gasteiger partial charge in [-0.25, -0.2) is 0 Å². The molecule has 110 valence electrons. The predicted molar refractivity (Wildman–Crippen MR) is 79.4 cm³/mol. The number of nitrogens with one attached hydrogen (secondary N) is 1. The highest BCUT2D eigenvalue weighted by atomic mass is 16.3. The second kappa shape index (κ2) is 6.86. The molecule has 0 aromatic heterocycles.